The molecular formula is C19H14ClF3N4O. The van der Waals surface area contributed by atoms with Gasteiger partial charge in [0, 0.05) is 11.8 Å². The van der Waals surface area contributed by atoms with Gasteiger partial charge in [-0.05, 0) is 24.6 Å². The Labute approximate surface area is 163 Å². The van der Waals surface area contributed by atoms with Crippen molar-refractivity contribution in [1.29, 1.82) is 5.26 Å². The van der Waals surface area contributed by atoms with Crippen LogP contribution in [0.15, 0.2) is 30.6 Å². The monoisotopic (exact) mass is 406 g/mol. The fraction of sp³-hybridized carbons (Fsp3) is 0.263. The van der Waals surface area contributed by atoms with Crippen LogP contribution in [0.5, 0.6) is 11.8 Å². The molecule has 0 bridgehead atoms. The van der Waals surface area contributed by atoms with Crippen molar-refractivity contribution in [3.8, 4) is 17.8 Å². The molecule has 144 valence electrons. The van der Waals surface area contributed by atoms with Gasteiger partial charge in [-0.25, -0.2) is 23.1 Å². The van der Waals surface area contributed by atoms with E-state index in [1.807, 2.05) is 6.07 Å². The number of benzene rings is 1. The minimum Gasteiger partial charge on any atom is -0.424 e. The Morgan fingerprint density at radius 3 is 2.57 bits per heavy atom. The summed E-state index contributed by atoms with van der Waals surface area (Å²) in [5.74, 6) is 0.210. The molecule has 3 aromatic rings. The molecule has 2 heterocycles. The number of halogens is 4. The summed E-state index contributed by atoms with van der Waals surface area (Å²) in [6.45, 7) is 0.139. The molecular weight excluding hydrogens is 393 g/mol. The van der Waals surface area contributed by atoms with Gasteiger partial charge in [-0.2, -0.15) is 5.26 Å². The van der Waals surface area contributed by atoms with Gasteiger partial charge in [-0.1, -0.05) is 17.7 Å². The van der Waals surface area contributed by atoms with Crippen LogP contribution >= 0.6 is 11.6 Å². The van der Waals surface area contributed by atoms with Crippen molar-refractivity contribution < 1.29 is 17.9 Å². The number of pyridine rings is 1. The van der Waals surface area contributed by atoms with Crippen LogP contribution < -0.4 is 4.74 Å². The maximum Gasteiger partial charge on any atom is 0.321 e. The number of fused-ring (bicyclic) bond motifs is 1. The van der Waals surface area contributed by atoms with E-state index in [1.54, 1.807) is 25.1 Å². The summed E-state index contributed by atoms with van der Waals surface area (Å²) in [5.41, 5.74) is 1.06. The van der Waals surface area contributed by atoms with Crippen molar-refractivity contribution in [2.45, 2.75) is 25.7 Å². The number of ether oxygens (including phenoxy) is 1. The first-order chi connectivity index (χ1) is 13.4. The van der Waals surface area contributed by atoms with Crippen LogP contribution in [0.1, 0.15) is 16.8 Å². The first kappa shape index (κ1) is 19.8. The van der Waals surface area contributed by atoms with Crippen LogP contribution in [0.4, 0.5) is 13.2 Å². The number of hydrogen-bond acceptors (Lipinski definition) is 5. The molecule has 0 fully saturated rings. The van der Waals surface area contributed by atoms with Crippen molar-refractivity contribution >= 4 is 22.5 Å². The van der Waals surface area contributed by atoms with Crippen molar-refractivity contribution in [3.05, 3.63) is 52.4 Å². The number of nitriles is 1. The molecule has 2 atom stereocenters. The van der Waals surface area contributed by atoms with Gasteiger partial charge in [-0.3, -0.25) is 4.98 Å². The molecule has 0 aliphatic rings. The summed E-state index contributed by atoms with van der Waals surface area (Å²) < 4.78 is 46.0. The average Bonchev–Trinajstić information content (AvgIpc) is 2.69. The van der Waals surface area contributed by atoms with Crippen molar-refractivity contribution in [2.75, 3.05) is 6.67 Å². The summed E-state index contributed by atoms with van der Waals surface area (Å²) >= 11 is 5.76. The number of alkyl halides is 3. The van der Waals surface area contributed by atoms with E-state index in [0.29, 0.717) is 21.6 Å². The predicted octanol–water partition coefficient (Wildman–Crippen LogP) is 4.84. The van der Waals surface area contributed by atoms with Gasteiger partial charge in [0.1, 0.15) is 24.7 Å². The minimum atomic E-state index is -2.29. The van der Waals surface area contributed by atoms with Gasteiger partial charge >= 0.3 is 6.01 Å². The molecule has 0 aliphatic heterocycles. The van der Waals surface area contributed by atoms with E-state index in [0.717, 1.165) is 0 Å². The number of aryl methyl sites for hydroxylation is 1. The molecule has 0 amide bonds. The standard InChI is InChI=1S/C19H14ClF3N4O/c1-10-13(7-24)12(5-14(22)15(23)6-21)18-16(27-10)3-2-4-17(18)28-19-25-8-11(20)9-26-19/h2-4,8-9,14-15H,5-6H2,1H3. The van der Waals surface area contributed by atoms with Crippen LogP contribution in [0.2, 0.25) is 5.02 Å². The molecule has 0 saturated heterocycles. The van der Waals surface area contributed by atoms with E-state index in [9.17, 15) is 18.4 Å². The van der Waals surface area contributed by atoms with Gasteiger partial charge in [0.05, 0.1) is 34.2 Å². The lowest BCUT2D eigenvalue weighted by molar-refractivity contribution is 0.137. The third-order valence-corrected chi connectivity index (χ3v) is 4.30. The van der Waals surface area contributed by atoms with Gasteiger partial charge in [0.2, 0.25) is 0 Å². The van der Waals surface area contributed by atoms with Gasteiger partial charge < -0.3 is 4.74 Å². The van der Waals surface area contributed by atoms with Crippen molar-refractivity contribution in [3.63, 3.8) is 0 Å². The summed E-state index contributed by atoms with van der Waals surface area (Å²) in [6, 6.07) is 6.82. The third kappa shape index (κ3) is 3.99. The molecule has 0 aliphatic carbocycles. The van der Waals surface area contributed by atoms with E-state index < -0.39 is 25.4 Å². The molecule has 0 radical (unpaired) electrons. The Kier molecular flexibility index (Phi) is 5.95. The van der Waals surface area contributed by atoms with E-state index in [-0.39, 0.29) is 22.9 Å². The first-order valence-electron chi connectivity index (χ1n) is 8.26. The lowest BCUT2D eigenvalue weighted by atomic mass is 9.95. The highest BCUT2D eigenvalue weighted by atomic mass is 35.5. The summed E-state index contributed by atoms with van der Waals surface area (Å²) in [6.07, 6.45) is -2.24. The van der Waals surface area contributed by atoms with E-state index in [1.165, 1.54) is 12.4 Å². The van der Waals surface area contributed by atoms with Crippen molar-refractivity contribution in [2.24, 2.45) is 0 Å². The Balaban J connectivity index is 2.17. The SMILES string of the molecule is Cc1nc2cccc(Oc3ncc(Cl)cn3)c2c(CC(F)C(F)CF)c1C#N. The lowest BCUT2D eigenvalue weighted by Gasteiger charge is -2.17. The Bertz CT molecular complexity index is 1040. The highest BCUT2D eigenvalue weighted by Gasteiger charge is 2.25. The van der Waals surface area contributed by atoms with Gasteiger partial charge in [0.25, 0.3) is 0 Å². The fourth-order valence-electron chi connectivity index (χ4n) is 2.80. The van der Waals surface area contributed by atoms with Gasteiger partial charge in [0.15, 0.2) is 6.17 Å². The number of nitrogens with zero attached hydrogens (tertiary/aromatic N) is 4. The largest absolute Gasteiger partial charge is 0.424 e. The molecule has 5 nitrogen and oxygen atoms in total. The van der Waals surface area contributed by atoms with E-state index in [2.05, 4.69) is 15.0 Å². The Hall–Kier alpha value is -2.92. The normalized spacial score (nSPS) is 13.1. The molecule has 0 spiro atoms. The number of aromatic nitrogens is 3. The Morgan fingerprint density at radius 2 is 1.93 bits per heavy atom. The molecule has 28 heavy (non-hydrogen) atoms. The zero-order chi connectivity index (χ0) is 20.3. The second kappa shape index (κ2) is 8.40. The molecule has 3 rings (SSSR count). The van der Waals surface area contributed by atoms with Crippen LogP contribution in [-0.4, -0.2) is 34.0 Å². The summed E-state index contributed by atoms with van der Waals surface area (Å²) in [4.78, 5) is 12.2. The summed E-state index contributed by atoms with van der Waals surface area (Å²) in [7, 11) is 0. The van der Waals surface area contributed by atoms with Gasteiger partial charge in [-0.15, -0.1) is 0 Å². The van der Waals surface area contributed by atoms with Crippen LogP contribution in [0.25, 0.3) is 10.9 Å². The molecule has 0 saturated carbocycles. The molecule has 1 aromatic carbocycles. The van der Waals surface area contributed by atoms with Crippen LogP contribution in [0.3, 0.4) is 0 Å². The minimum absolute atomic E-state index is 0.0224. The highest BCUT2D eigenvalue weighted by molar-refractivity contribution is 6.30. The molecule has 2 unspecified atom stereocenters. The molecule has 2 aromatic heterocycles. The predicted molar refractivity (Wildman–Crippen MR) is 97.8 cm³/mol. The summed E-state index contributed by atoms with van der Waals surface area (Å²) in [5, 5.41) is 10.2. The third-order valence-electron chi connectivity index (χ3n) is 4.11. The smallest absolute Gasteiger partial charge is 0.321 e. The van der Waals surface area contributed by atoms with E-state index in [4.69, 9.17) is 16.3 Å². The average molecular weight is 407 g/mol. The molecule has 9 heteroatoms. The quantitative estimate of drug-likeness (QED) is 0.585. The van der Waals surface area contributed by atoms with Crippen LogP contribution in [-0.2, 0) is 6.42 Å². The second-order valence-electron chi connectivity index (χ2n) is 5.99. The Morgan fingerprint density at radius 1 is 1.21 bits per heavy atom. The number of rotatable bonds is 6. The van der Waals surface area contributed by atoms with Crippen LogP contribution in [0, 0.1) is 18.3 Å². The topological polar surface area (TPSA) is 71.7 Å². The highest BCUT2D eigenvalue weighted by Crippen LogP contribution is 2.34. The lowest BCUT2D eigenvalue weighted by Crippen LogP contribution is -2.22. The fourth-order valence-corrected chi connectivity index (χ4v) is 2.90. The zero-order valence-corrected chi connectivity index (χ0v) is 15.4. The van der Waals surface area contributed by atoms with Crippen molar-refractivity contribution in [1.82, 2.24) is 15.0 Å². The maximum atomic E-state index is 14.2. The first-order valence-corrected chi connectivity index (χ1v) is 8.64. The maximum absolute atomic E-state index is 14.2. The second-order valence-corrected chi connectivity index (χ2v) is 6.43. The van der Waals surface area contributed by atoms with E-state index >= 15 is 0 Å². The molecule has 0 N–H and O–H groups in total. The number of hydrogen-bond donors (Lipinski definition) is 0. The zero-order valence-electron chi connectivity index (χ0n) is 14.7.